The smallest absolute Gasteiger partial charge is 0.242 e. The number of anilines is 1. The van der Waals surface area contributed by atoms with Crippen molar-refractivity contribution in [1.29, 1.82) is 0 Å². The molecule has 2 heterocycles. The summed E-state index contributed by atoms with van der Waals surface area (Å²) in [5.74, 6) is -1.38. The molecule has 1 amide bonds. The summed E-state index contributed by atoms with van der Waals surface area (Å²) >= 11 is 0. The van der Waals surface area contributed by atoms with Crippen molar-refractivity contribution in [1.82, 2.24) is 14.7 Å². The molecule has 0 bridgehead atoms. The molecule has 9 heteroatoms. The van der Waals surface area contributed by atoms with Gasteiger partial charge in [-0.15, -0.1) is 0 Å². The number of hydrogen-bond acceptors (Lipinski definition) is 6. The predicted octanol–water partition coefficient (Wildman–Crippen LogP) is 3.19. The van der Waals surface area contributed by atoms with Crippen LogP contribution in [0.15, 0.2) is 46.3 Å². The van der Waals surface area contributed by atoms with Crippen LogP contribution in [0.4, 0.5) is 5.88 Å². The van der Waals surface area contributed by atoms with Gasteiger partial charge in [0, 0.05) is 23.9 Å². The van der Waals surface area contributed by atoms with E-state index >= 15 is 0 Å². The number of carbonyl (C=O) groups excluding carboxylic acids is 1. The molecule has 0 aliphatic heterocycles. The van der Waals surface area contributed by atoms with Crippen molar-refractivity contribution < 1.29 is 17.7 Å². The first-order valence-corrected chi connectivity index (χ1v) is 10.7. The molecule has 0 aliphatic carbocycles. The highest BCUT2D eigenvalue weighted by Crippen LogP contribution is 2.24. The maximum absolute atomic E-state index is 12.9. The first-order chi connectivity index (χ1) is 13.5. The monoisotopic (exact) mass is 416 g/mol. The van der Waals surface area contributed by atoms with E-state index in [-0.39, 0.29) is 16.5 Å². The Labute approximate surface area is 169 Å². The summed E-state index contributed by atoms with van der Waals surface area (Å²) in [5.41, 5.74) is 2.98. The van der Waals surface area contributed by atoms with Crippen LogP contribution in [0.25, 0.3) is 5.69 Å². The number of aromatic nitrogens is 3. The summed E-state index contributed by atoms with van der Waals surface area (Å²) in [6.07, 6.45) is 2.97. The molecular formula is C20H24N4O4S. The fourth-order valence-electron chi connectivity index (χ4n) is 2.78. The maximum atomic E-state index is 12.9. The largest absolute Gasteiger partial charge is 0.338 e. The Balaban J connectivity index is 1.82. The quantitative estimate of drug-likeness (QED) is 0.684. The van der Waals surface area contributed by atoms with Gasteiger partial charge >= 0.3 is 0 Å². The summed E-state index contributed by atoms with van der Waals surface area (Å²) in [6.45, 7) is 9.66. The number of nitrogens with one attached hydrogen (secondary N) is 1. The van der Waals surface area contributed by atoms with Crippen molar-refractivity contribution in [3.63, 3.8) is 0 Å². The summed E-state index contributed by atoms with van der Waals surface area (Å²) in [5, 5.41) is 6.17. The summed E-state index contributed by atoms with van der Waals surface area (Å²) in [6, 6.07) is 7.31. The zero-order valence-corrected chi connectivity index (χ0v) is 17.9. The lowest BCUT2D eigenvalue weighted by Crippen LogP contribution is -2.25. The Morgan fingerprint density at radius 3 is 2.59 bits per heavy atom. The Kier molecular flexibility index (Phi) is 5.36. The lowest BCUT2D eigenvalue weighted by atomic mass is 9.92. The first kappa shape index (κ1) is 20.8. The fourth-order valence-corrected chi connectivity index (χ4v) is 4.01. The Hall–Kier alpha value is -2.94. The molecule has 0 unspecified atom stereocenters. The minimum Gasteiger partial charge on any atom is -0.338 e. The van der Waals surface area contributed by atoms with Gasteiger partial charge in [-0.1, -0.05) is 38.1 Å². The van der Waals surface area contributed by atoms with Crippen molar-refractivity contribution >= 4 is 21.6 Å². The second-order valence-electron chi connectivity index (χ2n) is 8.00. The summed E-state index contributed by atoms with van der Waals surface area (Å²) in [7, 11) is -3.99. The molecule has 8 nitrogen and oxygen atoms in total. The highest BCUT2D eigenvalue weighted by Gasteiger charge is 2.27. The lowest BCUT2D eigenvalue weighted by molar-refractivity contribution is -0.114. The number of sulfone groups is 1. The van der Waals surface area contributed by atoms with E-state index in [9.17, 15) is 13.2 Å². The molecule has 1 aromatic carbocycles. The van der Waals surface area contributed by atoms with Crippen LogP contribution in [0.2, 0.25) is 0 Å². The molecule has 3 aromatic rings. The van der Waals surface area contributed by atoms with E-state index in [2.05, 4.69) is 15.5 Å². The van der Waals surface area contributed by atoms with Gasteiger partial charge in [0.15, 0.2) is 0 Å². The van der Waals surface area contributed by atoms with E-state index in [4.69, 9.17) is 4.52 Å². The van der Waals surface area contributed by atoms with E-state index < -0.39 is 21.5 Å². The maximum Gasteiger partial charge on any atom is 0.242 e. The molecule has 0 fully saturated rings. The number of aryl methyl sites for hydroxylation is 2. The van der Waals surface area contributed by atoms with E-state index in [1.165, 1.54) is 10.8 Å². The SMILES string of the molecule is Cc1ccc(C)c(-n2ccnc2S(=O)(=O)CC(=O)Nc2cc(C(C)(C)C)no2)c1. The van der Waals surface area contributed by atoms with Gasteiger partial charge in [0.25, 0.3) is 0 Å². The molecule has 0 spiro atoms. The molecule has 154 valence electrons. The second-order valence-corrected chi connectivity index (χ2v) is 9.89. The standard InChI is InChI=1S/C20H24N4O4S/c1-13-6-7-14(2)15(10-13)24-9-8-21-19(24)29(26,27)12-17(25)22-18-11-16(23-28-18)20(3,4)5/h6-11H,12H2,1-5H3,(H,22,25). The predicted molar refractivity (Wildman–Crippen MR) is 109 cm³/mol. The number of carbonyl (C=O) groups is 1. The minimum absolute atomic E-state index is 0.105. The molecule has 3 rings (SSSR count). The number of imidazole rings is 1. The highest BCUT2D eigenvalue weighted by atomic mass is 32.2. The van der Waals surface area contributed by atoms with Crippen LogP contribution in [-0.4, -0.2) is 34.8 Å². The fraction of sp³-hybridized carbons (Fsp3) is 0.350. The topological polar surface area (TPSA) is 107 Å². The van der Waals surface area contributed by atoms with Crippen LogP contribution in [-0.2, 0) is 20.0 Å². The molecule has 1 N–H and O–H groups in total. The molecular weight excluding hydrogens is 392 g/mol. The molecule has 0 saturated carbocycles. The van der Waals surface area contributed by atoms with Crippen molar-refractivity contribution in [3.8, 4) is 5.69 Å². The van der Waals surface area contributed by atoms with Gasteiger partial charge in [0.2, 0.25) is 26.8 Å². The third-order valence-corrected chi connectivity index (χ3v) is 5.87. The number of rotatable bonds is 5. The van der Waals surface area contributed by atoms with E-state index in [0.29, 0.717) is 11.4 Å². The van der Waals surface area contributed by atoms with Crippen LogP contribution < -0.4 is 5.32 Å². The molecule has 0 aliphatic rings. The van der Waals surface area contributed by atoms with Gasteiger partial charge < -0.3 is 4.52 Å². The molecule has 0 saturated heterocycles. The van der Waals surface area contributed by atoms with Crippen molar-refractivity contribution in [3.05, 3.63) is 53.5 Å². The third-order valence-electron chi connectivity index (χ3n) is 4.37. The summed E-state index contributed by atoms with van der Waals surface area (Å²) < 4.78 is 32.3. The van der Waals surface area contributed by atoms with Gasteiger partial charge in [0.05, 0.1) is 11.4 Å². The minimum atomic E-state index is -3.99. The van der Waals surface area contributed by atoms with Gasteiger partial charge in [0.1, 0.15) is 5.75 Å². The van der Waals surface area contributed by atoms with E-state index in [0.717, 1.165) is 11.1 Å². The average molecular weight is 417 g/mol. The zero-order valence-electron chi connectivity index (χ0n) is 17.1. The Morgan fingerprint density at radius 1 is 1.21 bits per heavy atom. The van der Waals surface area contributed by atoms with Crippen LogP contribution in [0.1, 0.15) is 37.6 Å². The number of amides is 1. The Morgan fingerprint density at radius 2 is 1.93 bits per heavy atom. The van der Waals surface area contributed by atoms with Crippen LogP contribution in [0.5, 0.6) is 0 Å². The van der Waals surface area contributed by atoms with Crippen molar-refractivity contribution in [2.24, 2.45) is 0 Å². The highest BCUT2D eigenvalue weighted by molar-refractivity contribution is 7.92. The van der Waals surface area contributed by atoms with Crippen molar-refractivity contribution in [2.45, 2.75) is 45.2 Å². The van der Waals surface area contributed by atoms with E-state index in [1.807, 2.05) is 52.8 Å². The first-order valence-electron chi connectivity index (χ1n) is 9.08. The van der Waals surface area contributed by atoms with E-state index in [1.54, 1.807) is 12.3 Å². The molecule has 2 aromatic heterocycles. The van der Waals surface area contributed by atoms with Crippen molar-refractivity contribution in [2.75, 3.05) is 11.1 Å². The van der Waals surface area contributed by atoms with Gasteiger partial charge in [-0.25, -0.2) is 13.4 Å². The normalized spacial score (nSPS) is 12.2. The lowest BCUT2D eigenvalue weighted by Gasteiger charge is -2.12. The van der Waals surface area contributed by atoms with Crippen LogP contribution in [0.3, 0.4) is 0 Å². The third kappa shape index (κ3) is 4.56. The Bertz CT molecular complexity index is 1150. The van der Waals surface area contributed by atoms with Gasteiger partial charge in [-0.3, -0.25) is 14.7 Å². The zero-order chi connectivity index (χ0) is 21.4. The number of hydrogen-bond donors (Lipinski definition) is 1. The second kappa shape index (κ2) is 7.47. The van der Waals surface area contributed by atoms with Gasteiger partial charge in [-0.05, 0) is 31.0 Å². The summed E-state index contributed by atoms with van der Waals surface area (Å²) in [4.78, 5) is 16.3. The molecule has 0 atom stereocenters. The molecule has 29 heavy (non-hydrogen) atoms. The number of nitrogens with zero attached hydrogens (tertiary/aromatic N) is 3. The molecule has 0 radical (unpaired) electrons. The van der Waals surface area contributed by atoms with Crippen LogP contribution >= 0.6 is 0 Å². The van der Waals surface area contributed by atoms with Crippen LogP contribution in [0, 0.1) is 13.8 Å². The van der Waals surface area contributed by atoms with Gasteiger partial charge in [-0.2, -0.15) is 0 Å². The average Bonchev–Trinajstić information content (AvgIpc) is 3.25. The number of benzene rings is 1.